The number of piperazine rings is 1. The summed E-state index contributed by atoms with van der Waals surface area (Å²) in [6.07, 6.45) is 0.291. The quantitative estimate of drug-likeness (QED) is 0.749. The van der Waals surface area contributed by atoms with E-state index in [-0.39, 0.29) is 10.8 Å². The summed E-state index contributed by atoms with van der Waals surface area (Å²) in [4.78, 5) is 23.0. The number of nitrogens with one attached hydrogen (secondary N) is 1. The number of sulfonamides is 1. The second-order valence-electron chi connectivity index (χ2n) is 4.09. The molecule has 1 fully saturated rings. The van der Waals surface area contributed by atoms with E-state index in [1.165, 1.54) is 11.4 Å². The minimum atomic E-state index is -3.88. The standard InChI is InChI=1S/C10H13N3O4S2/c1-2-7-10(15)12-8(14)4-13(7)19(16,17)9-3-6(11)5-18-9/h3,5,7H,2,4,11H2,1H3,(H,12,14,15). The molecule has 0 aromatic carbocycles. The van der Waals surface area contributed by atoms with Crippen LogP contribution < -0.4 is 11.1 Å². The molecule has 0 radical (unpaired) electrons. The molecule has 19 heavy (non-hydrogen) atoms. The smallest absolute Gasteiger partial charge is 0.253 e. The van der Waals surface area contributed by atoms with Crippen molar-refractivity contribution in [3.05, 3.63) is 11.4 Å². The Labute approximate surface area is 114 Å². The minimum absolute atomic E-state index is 0.0333. The normalized spacial score (nSPS) is 21.4. The van der Waals surface area contributed by atoms with Crippen molar-refractivity contribution < 1.29 is 18.0 Å². The molecule has 9 heteroatoms. The van der Waals surface area contributed by atoms with E-state index < -0.39 is 27.9 Å². The van der Waals surface area contributed by atoms with Crippen molar-refractivity contribution in [2.24, 2.45) is 0 Å². The predicted octanol–water partition coefficient (Wildman–Crippen LogP) is -0.244. The Balaban J connectivity index is 2.42. The Morgan fingerprint density at radius 1 is 1.53 bits per heavy atom. The zero-order valence-electron chi connectivity index (χ0n) is 10.1. The summed E-state index contributed by atoms with van der Waals surface area (Å²) in [5.74, 6) is -1.21. The highest BCUT2D eigenvalue weighted by atomic mass is 32.2. The Morgan fingerprint density at radius 3 is 2.74 bits per heavy atom. The van der Waals surface area contributed by atoms with Gasteiger partial charge in [-0.3, -0.25) is 14.9 Å². The third-order valence-electron chi connectivity index (χ3n) is 2.76. The first-order valence-corrected chi connectivity index (χ1v) is 7.87. The molecule has 2 amide bonds. The second kappa shape index (κ2) is 4.91. The molecule has 1 aromatic rings. The van der Waals surface area contributed by atoms with E-state index >= 15 is 0 Å². The van der Waals surface area contributed by atoms with Gasteiger partial charge in [-0.05, 0) is 12.5 Å². The van der Waals surface area contributed by atoms with E-state index in [0.717, 1.165) is 15.6 Å². The molecule has 7 nitrogen and oxygen atoms in total. The van der Waals surface area contributed by atoms with Crippen molar-refractivity contribution in [3.63, 3.8) is 0 Å². The van der Waals surface area contributed by atoms with Crippen molar-refractivity contribution in [1.29, 1.82) is 0 Å². The molecule has 3 N–H and O–H groups in total. The SMILES string of the molecule is CCC1C(=O)NC(=O)CN1S(=O)(=O)c1cc(N)cs1. The Bertz CT molecular complexity index is 622. The first-order valence-electron chi connectivity index (χ1n) is 5.55. The molecule has 1 atom stereocenters. The maximum atomic E-state index is 12.4. The van der Waals surface area contributed by atoms with Gasteiger partial charge >= 0.3 is 0 Å². The van der Waals surface area contributed by atoms with Crippen molar-refractivity contribution in [2.45, 2.75) is 23.6 Å². The topological polar surface area (TPSA) is 110 Å². The van der Waals surface area contributed by atoms with Gasteiger partial charge < -0.3 is 5.73 Å². The summed E-state index contributed by atoms with van der Waals surface area (Å²) in [6.45, 7) is 1.33. The molecular formula is C10H13N3O4S2. The van der Waals surface area contributed by atoms with E-state index in [1.54, 1.807) is 6.92 Å². The molecule has 2 rings (SSSR count). The first-order chi connectivity index (χ1) is 8.86. The summed E-state index contributed by atoms with van der Waals surface area (Å²) >= 11 is 0.967. The highest BCUT2D eigenvalue weighted by Gasteiger charge is 2.41. The van der Waals surface area contributed by atoms with E-state index in [9.17, 15) is 18.0 Å². The van der Waals surface area contributed by atoms with E-state index in [2.05, 4.69) is 5.32 Å². The maximum Gasteiger partial charge on any atom is 0.253 e. The lowest BCUT2D eigenvalue weighted by Crippen LogP contribution is -2.59. The summed E-state index contributed by atoms with van der Waals surface area (Å²) in [6, 6.07) is 0.454. The zero-order valence-corrected chi connectivity index (χ0v) is 11.8. The number of rotatable bonds is 3. The average molecular weight is 303 g/mol. The van der Waals surface area contributed by atoms with Crippen LogP contribution in [-0.2, 0) is 19.6 Å². The fraction of sp³-hybridized carbons (Fsp3) is 0.400. The highest BCUT2D eigenvalue weighted by Crippen LogP contribution is 2.27. The van der Waals surface area contributed by atoms with Crippen LogP contribution in [0.4, 0.5) is 5.69 Å². The van der Waals surface area contributed by atoms with Crippen LogP contribution in [0, 0.1) is 0 Å². The number of thiophene rings is 1. The largest absolute Gasteiger partial charge is 0.398 e. The summed E-state index contributed by atoms with van der Waals surface area (Å²) < 4.78 is 25.8. The maximum absolute atomic E-state index is 12.4. The first kappa shape index (κ1) is 14.0. The zero-order chi connectivity index (χ0) is 14.2. The lowest BCUT2D eigenvalue weighted by atomic mass is 10.2. The van der Waals surface area contributed by atoms with Crippen molar-refractivity contribution >= 4 is 38.9 Å². The fourth-order valence-corrected chi connectivity index (χ4v) is 4.69. The number of imide groups is 1. The number of hydrogen-bond acceptors (Lipinski definition) is 6. The monoisotopic (exact) mass is 303 g/mol. The van der Waals surface area contributed by atoms with Crippen LogP contribution in [0.5, 0.6) is 0 Å². The van der Waals surface area contributed by atoms with Gasteiger partial charge in [-0.2, -0.15) is 4.31 Å². The number of nitrogens with zero attached hydrogens (tertiary/aromatic N) is 1. The molecular weight excluding hydrogens is 290 g/mol. The van der Waals surface area contributed by atoms with Gasteiger partial charge in [0, 0.05) is 11.1 Å². The van der Waals surface area contributed by atoms with Crippen LogP contribution in [0.2, 0.25) is 0 Å². The average Bonchev–Trinajstić information content (AvgIpc) is 2.75. The minimum Gasteiger partial charge on any atom is -0.398 e. The van der Waals surface area contributed by atoms with Gasteiger partial charge in [0.05, 0.1) is 6.54 Å². The van der Waals surface area contributed by atoms with Gasteiger partial charge in [-0.15, -0.1) is 11.3 Å². The molecule has 0 bridgehead atoms. The molecule has 2 heterocycles. The number of carbonyl (C=O) groups is 2. The predicted molar refractivity (Wildman–Crippen MR) is 69.9 cm³/mol. The number of hydrogen-bond donors (Lipinski definition) is 2. The van der Waals surface area contributed by atoms with Crippen molar-refractivity contribution in [2.75, 3.05) is 12.3 Å². The van der Waals surface area contributed by atoms with Crippen LogP contribution in [0.15, 0.2) is 15.7 Å². The lowest BCUT2D eigenvalue weighted by Gasteiger charge is -2.31. The van der Waals surface area contributed by atoms with Crippen molar-refractivity contribution in [3.8, 4) is 0 Å². The Hall–Kier alpha value is -1.45. The van der Waals surface area contributed by atoms with Crippen molar-refractivity contribution in [1.82, 2.24) is 9.62 Å². The Morgan fingerprint density at radius 2 is 2.21 bits per heavy atom. The molecule has 1 saturated heterocycles. The third kappa shape index (κ3) is 2.48. The number of nitrogens with two attached hydrogens (primary N) is 1. The van der Waals surface area contributed by atoms with Crippen LogP contribution in [0.3, 0.4) is 0 Å². The molecule has 104 valence electrons. The van der Waals surface area contributed by atoms with Gasteiger partial charge in [0.15, 0.2) is 0 Å². The van der Waals surface area contributed by atoms with Gasteiger partial charge in [0.25, 0.3) is 10.0 Å². The van der Waals surface area contributed by atoms with Crippen LogP contribution in [-0.4, -0.2) is 37.1 Å². The van der Waals surface area contributed by atoms with Gasteiger partial charge in [0.1, 0.15) is 10.3 Å². The third-order valence-corrected chi connectivity index (χ3v) is 6.05. The molecule has 0 aliphatic carbocycles. The van der Waals surface area contributed by atoms with Gasteiger partial charge in [-0.25, -0.2) is 8.42 Å². The number of carbonyl (C=O) groups excluding carboxylic acids is 2. The number of anilines is 1. The summed E-state index contributed by atoms with van der Waals surface area (Å²) in [5, 5.41) is 3.63. The second-order valence-corrected chi connectivity index (χ2v) is 7.11. The summed E-state index contributed by atoms with van der Waals surface area (Å²) in [5.41, 5.74) is 5.85. The fourth-order valence-electron chi connectivity index (χ4n) is 1.87. The molecule has 1 unspecified atom stereocenters. The van der Waals surface area contributed by atoms with Gasteiger partial charge in [-0.1, -0.05) is 6.92 Å². The van der Waals surface area contributed by atoms with Crippen LogP contribution in [0.25, 0.3) is 0 Å². The number of amides is 2. The van der Waals surface area contributed by atoms with E-state index in [1.807, 2.05) is 0 Å². The lowest BCUT2D eigenvalue weighted by molar-refractivity contribution is -0.137. The van der Waals surface area contributed by atoms with Gasteiger partial charge in [0.2, 0.25) is 11.8 Å². The van der Waals surface area contributed by atoms with E-state index in [4.69, 9.17) is 5.73 Å². The molecule has 1 aliphatic rings. The van der Waals surface area contributed by atoms with Crippen LogP contribution >= 0.6 is 11.3 Å². The Kier molecular flexibility index (Phi) is 3.61. The van der Waals surface area contributed by atoms with E-state index in [0.29, 0.717) is 12.1 Å². The molecule has 0 saturated carbocycles. The molecule has 1 aliphatic heterocycles. The highest BCUT2D eigenvalue weighted by molar-refractivity contribution is 7.91. The molecule has 1 aromatic heterocycles. The number of nitrogen functional groups attached to an aromatic ring is 1. The molecule has 0 spiro atoms. The van der Waals surface area contributed by atoms with Crippen LogP contribution in [0.1, 0.15) is 13.3 Å². The summed E-state index contributed by atoms with van der Waals surface area (Å²) in [7, 11) is -3.88.